The number of nitrogens with one attached hydrogen (secondary N) is 1. The number of hydrogen-bond acceptors (Lipinski definition) is 5. The molecule has 0 aromatic heterocycles. The third kappa shape index (κ3) is 3.33. The number of hydrogen-bond donors (Lipinski definition) is 4. The van der Waals surface area contributed by atoms with Crippen molar-refractivity contribution in [2.75, 3.05) is 4.90 Å². The van der Waals surface area contributed by atoms with Gasteiger partial charge >= 0.3 is 6.18 Å². The molecule has 1 aromatic rings. The molecule has 0 fully saturated rings. The molecule has 0 spiro atoms. The first-order valence-corrected chi connectivity index (χ1v) is 6.40. The largest absolute Gasteiger partial charge is 0.495 e. The predicted octanol–water partition coefficient (Wildman–Crippen LogP) is 1.59. The van der Waals surface area contributed by atoms with E-state index in [4.69, 9.17) is 17.3 Å². The molecule has 1 amide bonds. The van der Waals surface area contributed by atoms with Gasteiger partial charge in [0.05, 0.1) is 16.3 Å². The second-order valence-corrected chi connectivity index (χ2v) is 5.01. The average molecular weight is 356 g/mol. The van der Waals surface area contributed by atoms with E-state index in [0.29, 0.717) is 17.0 Å². The smallest absolute Gasteiger partial charge is 0.407 e. The molecule has 0 saturated heterocycles. The van der Waals surface area contributed by atoms with Gasteiger partial charge in [0.2, 0.25) is 5.91 Å². The number of nitrogens with two attached hydrogens (primary N) is 1. The zero-order chi connectivity index (χ0) is 17.5. The maximum absolute atomic E-state index is 14.0. The van der Waals surface area contributed by atoms with Crippen molar-refractivity contribution < 1.29 is 32.6 Å². The minimum atomic E-state index is -4.78. The molecule has 2 rings (SSSR count). The zero-order valence-corrected chi connectivity index (χ0v) is 11.9. The van der Waals surface area contributed by atoms with E-state index in [2.05, 4.69) is 0 Å². The molecule has 1 aromatic carbocycles. The highest BCUT2D eigenvalue weighted by molar-refractivity contribution is 6.33. The fourth-order valence-corrected chi connectivity index (χ4v) is 2.24. The van der Waals surface area contributed by atoms with Crippen LogP contribution in [-0.2, 0) is 0 Å². The second kappa shape index (κ2) is 5.87. The van der Waals surface area contributed by atoms with E-state index in [-0.39, 0.29) is 10.6 Å². The van der Waals surface area contributed by atoms with Gasteiger partial charge in [-0.25, -0.2) is 4.39 Å². The number of aliphatic hydroxyl groups excluding tert-OH is 2. The molecule has 126 valence electrons. The van der Waals surface area contributed by atoms with Gasteiger partial charge in [-0.05, 0) is 12.1 Å². The van der Waals surface area contributed by atoms with E-state index in [1.54, 1.807) is 5.32 Å². The lowest BCUT2D eigenvalue weighted by Gasteiger charge is -2.36. The summed E-state index contributed by atoms with van der Waals surface area (Å²) in [5, 5.41) is 20.9. The molecule has 2 unspecified atom stereocenters. The molecule has 0 aliphatic carbocycles. The van der Waals surface area contributed by atoms with Crippen LogP contribution in [0.25, 0.3) is 0 Å². The van der Waals surface area contributed by atoms with Crippen LogP contribution < -0.4 is 16.0 Å². The third-order valence-electron chi connectivity index (χ3n) is 3.05. The molecule has 1 heterocycles. The summed E-state index contributed by atoms with van der Waals surface area (Å²) >= 11 is 5.63. The summed E-state index contributed by atoms with van der Waals surface area (Å²) in [5.41, 5.74) is 4.13. The van der Waals surface area contributed by atoms with Gasteiger partial charge in [-0.2, -0.15) is 13.2 Å². The normalized spacial score (nSPS) is 22.0. The molecule has 6 nitrogen and oxygen atoms in total. The van der Waals surface area contributed by atoms with Crippen molar-refractivity contribution in [2.24, 2.45) is 5.73 Å². The number of amides is 1. The fourth-order valence-electron chi connectivity index (χ4n) is 1.99. The lowest BCUT2D eigenvalue weighted by atomic mass is 10.1. The molecule has 0 bridgehead atoms. The zero-order valence-electron chi connectivity index (χ0n) is 11.1. The molecule has 1 aliphatic rings. The molecule has 5 N–H and O–H groups in total. The number of anilines is 1. The number of halogens is 5. The molecule has 2 atom stereocenters. The minimum Gasteiger partial charge on any atom is -0.495 e. The number of alkyl halides is 3. The molecule has 11 heteroatoms. The maximum Gasteiger partial charge on any atom is 0.407 e. The van der Waals surface area contributed by atoms with E-state index in [0.717, 1.165) is 6.07 Å². The number of nitrogens with zero attached hydrogens (tertiary/aromatic N) is 1. The highest BCUT2D eigenvalue weighted by atomic mass is 35.5. The molecule has 0 radical (unpaired) electrons. The van der Waals surface area contributed by atoms with Crippen molar-refractivity contribution in [2.45, 2.75) is 18.6 Å². The highest BCUT2D eigenvalue weighted by Gasteiger charge is 2.44. The Hall–Kier alpha value is -2.04. The SMILES string of the molecule is NC(=O)c1cc(N2C(O)=CC(C(F)(F)F)NC2O)c(F)cc1Cl. The van der Waals surface area contributed by atoms with Gasteiger partial charge in [-0.15, -0.1) is 0 Å². The van der Waals surface area contributed by atoms with Gasteiger partial charge in [-0.3, -0.25) is 15.0 Å². The lowest BCUT2D eigenvalue weighted by Crippen LogP contribution is -2.57. The quantitative estimate of drug-likeness (QED) is 0.604. The van der Waals surface area contributed by atoms with E-state index < -0.39 is 41.9 Å². The number of carbonyl (C=O) groups is 1. The Labute approximate surface area is 131 Å². The number of carbonyl (C=O) groups excluding carboxylic acids is 1. The van der Waals surface area contributed by atoms with Crippen LogP contribution in [0.2, 0.25) is 5.02 Å². The van der Waals surface area contributed by atoms with E-state index in [9.17, 15) is 32.6 Å². The summed E-state index contributed by atoms with van der Waals surface area (Å²) in [6.07, 6.45) is -6.55. The van der Waals surface area contributed by atoms with Crippen LogP contribution in [0.4, 0.5) is 23.2 Å². The number of benzene rings is 1. The van der Waals surface area contributed by atoms with Gasteiger partial charge in [-0.1, -0.05) is 11.6 Å². The Morgan fingerprint density at radius 3 is 2.48 bits per heavy atom. The summed E-state index contributed by atoms with van der Waals surface area (Å²) in [7, 11) is 0. The van der Waals surface area contributed by atoms with Crippen molar-refractivity contribution in [3.8, 4) is 0 Å². The Bertz CT molecular complexity index is 680. The van der Waals surface area contributed by atoms with Crippen molar-refractivity contribution >= 4 is 23.2 Å². The minimum absolute atomic E-state index is 0.324. The van der Waals surface area contributed by atoms with Gasteiger partial charge in [0.15, 0.2) is 12.2 Å². The molecule has 1 aliphatic heterocycles. The first-order chi connectivity index (χ1) is 10.5. The van der Waals surface area contributed by atoms with Crippen LogP contribution in [0.5, 0.6) is 0 Å². The molecular weight excluding hydrogens is 346 g/mol. The fraction of sp³-hybridized carbons (Fsp3) is 0.250. The number of aliphatic hydroxyl groups is 2. The monoisotopic (exact) mass is 355 g/mol. The van der Waals surface area contributed by atoms with E-state index >= 15 is 0 Å². The standard InChI is InChI=1S/C12H10ClF4N3O3/c13-5-2-6(14)7(1-4(5)10(18)22)20-9(21)3-8(12(15,16)17)19-11(20)23/h1-3,8,11,19,21,23H,(H2,18,22). The highest BCUT2D eigenvalue weighted by Crippen LogP contribution is 2.33. The summed E-state index contributed by atoms with van der Waals surface area (Å²) in [6, 6.07) is -0.838. The van der Waals surface area contributed by atoms with Gasteiger partial charge in [0, 0.05) is 6.08 Å². The van der Waals surface area contributed by atoms with Crippen LogP contribution >= 0.6 is 11.6 Å². The van der Waals surface area contributed by atoms with Crippen LogP contribution in [0, 0.1) is 5.82 Å². The number of rotatable bonds is 2. The molecule has 0 saturated carbocycles. The average Bonchev–Trinajstić information content (AvgIpc) is 2.38. The van der Waals surface area contributed by atoms with Crippen LogP contribution in [0.3, 0.4) is 0 Å². The van der Waals surface area contributed by atoms with Gasteiger partial charge in [0.1, 0.15) is 11.9 Å². The first kappa shape index (κ1) is 17.3. The van der Waals surface area contributed by atoms with Crippen LogP contribution in [0.15, 0.2) is 24.1 Å². The van der Waals surface area contributed by atoms with Crippen molar-refractivity contribution in [3.63, 3.8) is 0 Å². The molecule has 23 heavy (non-hydrogen) atoms. The summed E-state index contributed by atoms with van der Waals surface area (Å²) in [5.74, 6) is -3.17. The van der Waals surface area contributed by atoms with Gasteiger partial charge < -0.3 is 15.9 Å². The van der Waals surface area contributed by atoms with E-state index in [1.165, 1.54) is 0 Å². The summed E-state index contributed by atoms with van der Waals surface area (Å²) < 4.78 is 51.8. The topological polar surface area (TPSA) is 98.8 Å². The lowest BCUT2D eigenvalue weighted by molar-refractivity contribution is -0.154. The maximum atomic E-state index is 14.0. The van der Waals surface area contributed by atoms with E-state index in [1.807, 2.05) is 0 Å². The second-order valence-electron chi connectivity index (χ2n) is 4.60. The summed E-state index contributed by atoms with van der Waals surface area (Å²) in [4.78, 5) is 11.6. The predicted molar refractivity (Wildman–Crippen MR) is 72.1 cm³/mol. The Morgan fingerprint density at radius 1 is 1.39 bits per heavy atom. The Morgan fingerprint density at radius 2 is 2.00 bits per heavy atom. The molecular formula is C12H10ClF4N3O3. The Kier molecular flexibility index (Phi) is 4.42. The Balaban J connectivity index is 2.50. The third-order valence-corrected chi connectivity index (χ3v) is 3.36. The van der Waals surface area contributed by atoms with Crippen molar-refractivity contribution in [1.29, 1.82) is 0 Å². The van der Waals surface area contributed by atoms with Crippen molar-refractivity contribution in [1.82, 2.24) is 5.32 Å². The first-order valence-electron chi connectivity index (χ1n) is 6.02. The van der Waals surface area contributed by atoms with Crippen LogP contribution in [0.1, 0.15) is 10.4 Å². The van der Waals surface area contributed by atoms with Gasteiger partial charge in [0.25, 0.3) is 0 Å². The summed E-state index contributed by atoms with van der Waals surface area (Å²) in [6.45, 7) is 0. The van der Waals surface area contributed by atoms with Crippen LogP contribution in [-0.4, -0.2) is 34.7 Å². The van der Waals surface area contributed by atoms with Crippen molar-refractivity contribution in [3.05, 3.63) is 40.5 Å². The number of primary amides is 1.